The van der Waals surface area contributed by atoms with Crippen molar-refractivity contribution < 1.29 is 4.92 Å². The largest absolute Gasteiger partial charge is 0.352 e. The van der Waals surface area contributed by atoms with Gasteiger partial charge >= 0.3 is 0 Å². The molecule has 1 aromatic rings. The van der Waals surface area contributed by atoms with E-state index in [9.17, 15) is 10.1 Å². The zero-order chi connectivity index (χ0) is 13.1. The lowest BCUT2D eigenvalue weighted by Crippen LogP contribution is -2.37. The van der Waals surface area contributed by atoms with Crippen LogP contribution in [-0.2, 0) is 0 Å². The summed E-state index contributed by atoms with van der Waals surface area (Å²) in [4.78, 5) is 16.8. The molecule has 0 aromatic carbocycles. The summed E-state index contributed by atoms with van der Waals surface area (Å²) >= 11 is 0. The summed E-state index contributed by atoms with van der Waals surface area (Å²) in [5, 5.41) is 13.9. The first-order valence-electron chi connectivity index (χ1n) is 6.15. The molecular weight excluding hydrogens is 232 g/mol. The minimum atomic E-state index is -0.388. The number of likely N-dealkylation sites (N-methyl/N-ethyl adjacent to an activating group) is 1. The first-order chi connectivity index (χ1) is 8.63. The Morgan fingerprint density at radius 2 is 2.44 bits per heavy atom. The van der Waals surface area contributed by atoms with E-state index in [2.05, 4.69) is 15.2 Å². The van der Waals surface area contributed by atoms with Crippen LogP contribution in [0.15, 0.2) is 12.3 Å². The van der Waals surface area contributed by atoms with Gasteiger partial charge in [0.15, 0.2) is 0 Å². The van der Waals surface area contributed by atoms with E-state index < -0.39 is 0 Å². The molecule has 1 atom stereocenters. The van der Waals surface area contributed by atoms with Crippen molar-refractivity contribution in [3.05, 3.63) is 27.9 Å². The number of rotatable bonds is 4. The fraction of sp³-hybridized carbons (Fsp3) is 0.583. The number of anilines is 1. The molecule has 1 fully saturated rings. The zero-order valence-electron chi connectivity index (χ0n) is 10.7. The van der Waals surface area contributed by atoms with E-state index in [-0.39, 0.29) is 10.6 Å². The van der Waals surface area contributed by atoms with Crippen LogP contribution in [0.2, 0.25) is 0 Å². The molecule has 0 aliphatic carbocycles. The van der Waals surface area contributed by atoms with E-state index in [1.807, 2.05) is 13.1 Å². The van der Waals surface area contributed by atoms with E-state index in [1.54, 1.807) is 6.92 Å². The van der Waals surface area contributed by atoms with Gasteiger partial charge < -0.3 is 10.2 Å². The van der Waals surface area contributed by atoms with Crippen LogP contribution in [0.1, 0.15) is 18.4 Å². The molecule has 0 saturated carbocycles. The van der Waals surface area contributed by atoms with Crippen LogP contribution in [0.25, 0.3) is 0 Å². The maximum Gasteiger partial charge on any atom is 0.290 e. The topological polar surface area (TPSA) is 71.3 Å². The smallest absolute Gasteiger partial charge is 0.290 e. The van der Waals surface area contributed by atoms with Crippen LogP contribution in [0.5, 0.6) is 0 Å². The lowest BCUT2D eigenvalue weighted by molar-refractivity contribution is -0.385. The molecular formula is C12H18N4O2. The van der Waals surface area contributed by atoms with Gasteiger partial charge in [0.2, 0.25) is 0 Å². The fourth-order valence-electron chi connectivity index (χ4n) is 2.47. The average Bonchev–Trinajstić information content (AvgIpc) is 2.77. The Kier molecular flexibility index (Phi) is 3.76. The highest BCUT2D eigenvalue weighted by atomic mass is 16.6. The fourth-order valence-corrected chi connectivity index (χ4v) is 2.47. The molecule has 6 heteroatoms. The van der Waals surface area contributed by atoms with E-state index in [1.165, 1.54) is 6.20 Å². The molecule has 18 heavy (non-hydrogen) atoms. The van der Waals surface area contributed by atoms with E-state index >= 15 is 0 Å². The highest BCUT2D eigenvalue weighted by Crippen LogP contribution is 2.27. The molecule has 1 unspecified atom stereocenters. The molecule has 1 saturated heterocycles. The van der Waals surface area contributed by atoms with Crippen LogP contribution in [0.4, 0.5) is 11.5 Å². The molecule has 2 rings (SSSR count). The Morgan fingerprint density at radius 1 is 1.67 bits per heavy atom. The van der Waals surface area contributed by atoms with Gasteiger partial charge in [0.25, 0.3) is 5.69 Å². The first kappa shape index (κ1) is 12.8. The Bertz CT molecular complexity index is 450. The first-order valence-corrected chi connectivity index (χ1v) is 6.15. The normalized spacial score (nSPS) is 19.2. The highest BCUT2D eigenvalue weighted by molar-refractivity contribution is 5.49. The van der Waals surface area contributed by atoms with Crippen molar-refractivity contribution in [2.45, 2.75) is 25.8 Å². The van der Waals surface area contributed by atoms with Gasteiger partial charge in [-0.25, -0.2) is 4.98 Å². The number of nitrogens with zero attached hydrogens (tertiary/aromatic N) is 3. The zero-order valence-corrected chi connectivity index (χ0v) is 10.7. The summed E-state index contributed by atoms with van der Waals surface area (Å²) in [7, 11) is 1.94. The van der Waals surface area contributed by atoms with Gasteiger partial charge in [-0.15, -0.1) is 0 Å². The molecule has 6 nitrogen and oxygen atoms in total. The van der Waals surface area contributed by atoms with Gasteiger partial charge in [0.05, 0.1) is 4.92 Å². The summed E-state index contributed by atoms with van der Waals surface area (Å²) in [6, 6.07) is 2.25. The summed E-state index contributed by atoms with van der Waals surface area (Å²) in [5.41, 5.74) is 0.753. The van der Waals surface area contributed by atoms with Crippen LogP contribution < -0.4 is 10.2 Å². The molecule has 1 aliphatic rings. The molecule has 1 N–H and O–H groups in total. The molecule has 0 amide bonds. The van der Waals surface area contributed by atoms with Crippen molar-refractivity contribution in [3.63, 3.8) is 0 Å². The molecule has 0 radical (unpaired) electrons. The SMILES string of the molecule is CNCC1CCCN1c1cc(C)c([N+](=O)[O-])cn1. The number of pyridine rings is 1. The lowest BCUT2D eigenvalue weighted by atomic mass is 10.2. The second-order valence-electron chi connectivity index (χ2n) is 4.63. The van der Waals surface area contributed by atoms with Gasteiger partial charge in [-0.05, 0) is 32.9 Å². The minimum absolute atomic E-state index is 0.0862. The second kappa shape index (κ2) is 5.30. The number of aryl methyl sites for hydroxylation is 1. The number of aromatic nitrogens is 1. The maximum absolute atomic E-state index is 10.8. The Hall–Kier alpha value is -1.69. The molecule has 1 aliphatic heterocycles. The highest BCUT2D eigenvalue weighted by Gasteiger charge is 2.26. The van der Waals surface area contributed by atoms with Crippen LogP contribution in [0.3, 0.4) is 0 Å². The second-order valence-corrected chi connectivity index (χ2v) is 4.63. The Balaban J connectivity index is 2.23. The van der Waals surface area contributed by atoms with Gasteiger partial charge in [-0.3, -0.25) is 10.1 Å². The predicted molar refractivity (Wildman–Crippen MR) is 69.9 cm³/mol. The summed E-state index contributed by atoms with van der Waals surface area (Å²) in [6.45, 7) is 3.64. The van der Waals surface area contributed by atoms with Crippen LogP contribution in [0, 0.1) is 17.0 Å². The van der Waals surface area contributed by atoms with Crippen molar-refractivity contribution in [2.75, 3.05) is 25.0 Å². The third-order valence-electron chi connectivity index (χ3n) is 3.38. The average molecular weight is 250 g/mol. The van der Waals surface area contributed by atoms with Crippen molar-refractivity contribution >= 4 is 11.5 Å². The number of nitrogens with one attached hydrogen (secondary N) is 1. The van der Waals surface area contributed by atoms with Crippen LogP contribution in [-0.4, -0.2) is 36.1 Å². The van der Waals surface area contributed by atoms with Crippen LogP contribution >= 0.6 is 0 Å². The molecule has 0 spiro atoms. The molecule has 2 heterocycles. The summed E-state index contributed by atoms with van der Waals surface area (Å²) in [6.07, 6.45) is 3.64. The third kappa shape index (κ3) is 2.43. The number of hydrogen-bond donors (Lipinski definition) is 1. The number of nitro groups is 1. The Morgan fingerprint density at radius 3 is 3.06 bits per heavy atom. The Labute approximate surface area is 106 Å². The van der Waals surface area contributed by atoms with Crippen molar-refractivity contribution in [2.24, 2.45) is 0 Å². The summed E-state index contributed by atoms with van der Waals surface area (Å²) in [5.74, 6) is 0.843. The standard InChI is InChI=1S/C12H18N4O2/c1-9-6-12(14-8-11(9)16(17)18)15-5-3-4-10(15)7-13-2/h6,8,10,13H,3-5,7H2,1-2H3. The van der Waals surface area contributed by atoms with E-state index in [4.69, 9.17) is 0 Å². The van der Waals surface area contributed by atoms with Gasteiger partial charge in [0, 0.05) is 24.7 Å². The molecule has 0 bridgehead atoms. The van der Waals surface area contributed by atoms with Crippen molar-refractivity contribution in [1.82, 2.24) is 10.3 Å². The molecule has 1 aromatic heterocycles. The summed E-state index contributed by atoms with van der Waals surface area (Å²) < 4.78 is 0. The maximum atomic E-state index is 10.8. The lowest BCUT2D eigenvalue weighted by Gasteiger charge is -2.25. The third-order valence-corrected chi connectivity index (χ3v) is 3.38. The van der Waals surface area contributed by atoms with E-state index in [0.717, 1.165) is 31.7 Å². The van der Waals surface area contributed by atoms with Crippen molar-refractivity contribution in [1.29, 1.82) is 0 Å². The minimum Gasteiger partial charge on any atom is -0.352 e. The molecule has 98 valence electrons. The van der Waals surface area contributed by atoms with Gasteiger partial charge in [-0.1, -0.05) is 0 Å². The predicted octanol–water partition coefficient (Wildman–Crippen LogP) is 1.49. The quantitative estimate of drug-likeness (QED) is 0.647. The monoisotopic (exact) mass is 250 g/mol. The van der Waals surface area contributed by atoms with Crippen molar-refractivity contribution in [3.8, 4) is 0 Å². The van der Waals surface area contributed by atoms with Gasteiger partial charge in [0.1, 0.15) is 12.0 Å². The van der Waals surface area contributed by atoms with Gasteiger partial charge in [-0.2, -0.15) is 0 Å². The number of hydrogen-bond acceptors (Lipinski definition) is 5. The van der Waals surface area contributed by atoms with E-state index in [0.29, 0.717) is 11.6 Å².